The van der Waals surface area contributed by atoms with Crippen LogP contribution in [0.15, 0.2) is 30.3 Å². The fourth-order valence-corrected chi connectivity index (χ4v) is 2.16. The predicted molar refractivity (Wildman–Crippen MR) is 91.0 cm³/mol. The number of rotatable bonds is 9. The van der Waals surface area contributed by atoms with Crippen LogP contribution >= 0.6 is 0 Å². The van der Waals surface area contributed by atoms with Gasteiger partial charge in [-0.25, -0.2) is 4.79 Å². The number of allylic oxidation sites excluding steroid dienone is 1. The van der Waals surface area contributed by atoms with E-state index in [0.717, 1.165) is 5.56 Å². The summed E-state index contributed by atoms with van der Waals surface area (Å²) in [5.41, 5.74) is 1.86. The average Bonchev–Trinajstić information content (AvgIpc) is 2.60. The molecule has 1 unspecified atom stereocenters. The largest absolute Gasteiger partial charge is 0.465 e. The summed E-state index contributed by atoms with van der Waals surface area (Å²) in [4.78, 5) is 11.5. The Bertz CT molecular complexity index is 584. The first-order valence-electron chi connectivity index (χ1n) is 7.85. The highest BCUT2D eigenvalue weighted by Crippen LogP contribution is 2.16. The minimum absolute atomic E-state index is 0.162. The number of nitrogens with one attached hydrogen (secondary N) is 1. The van der Waals surface area contributed by atoms with Crippen molar-refractivity contribution < 1.29 is 19.0 Å². The van der Waals surface area contributed by atoms with Crippen molar-refractivity contribution in [1.82, 2.24) is 5.32 Å². The van der Waals surface area contributed by atoms with Crippen LogP contribution in [0.2, 0.25) is 0 Å². The number of benzene rings is 1. The van der Waals surface area contributed by atoms with Gasteiger partial charge in [0.15, 0.2) is 6.29 Å². The quantitative estimate of drug-likeness (QED) is 0.425. The molecule has 130 valence electrons. The van der Waals surface area contributed by atoms with Gasteiger partial charge in [0, 0.05) is 19.3 Å². The molecule has 6 heteroatoms. The molecule has 0 saturated heterocycles. The van der Waals surface area contributed by atoms with Crippen LogP contribution < -0.4 is 5.32 Å². The molecule has 0 bridgehead atoms. The van der Waals surface area contributed by atoms with Crippen LogP contribution in [-0.2, 0) is 14.2 Å². The van der Waals surface area contributed by atoms with Crippen LogP contribution in [0.3, 0.4) is 0 Å². The second kappa shape index (κ2) is 10.4. The molecule has 0 fully saturated rings. The van der Waals surface area contributed by atoms with Crippen molar-refractivity contribution in [3.05, 3.63) is 41.5 Å². The molecule has 6 nitrogen and oxygen atoms in total. The van der Waals surface area contributed by atoms with Gasteiger partial charge in [-0.15, -0.1) is 0 Å². The Hall–Kier alpha value is -2.36. The zero-order chi connectivity index (χ0) is 17.9. The molecular formula is C18H24N2O4. The molecule has 1 N–H and O–H groups in total. The highest BCUT2D eigenvalue weighted by Gasteiger charge is 2.19. The summed E-state index contributed by atoms with van der Waals surface area (Å²) in [5.74, 6) is -0.401. The monoisotopic (exact) mass is 332 g/mol. The second-order valence-electron chi connectivity index (χ2n) is 4.97. The van der Waals surface area contributed by atoms with Gasteiger partial charge in [-0.3, -0.25) is 0 Å². The van der Waals surface area contributed by atoms with E-state index >= 15 is 0 Å². The molecule has 0 aromatic heterocycles. The van der Waals surface area contributed by atoms with Crippen molar-refractivity contribution in [2.45, 2.75) is 33.1 Å². The molecular weight excluding hydrogens is 308 g/mol. The lowest BCUT2D eigenvalue weighted by atomic mass is 10.1. The van der Waals surface area contributed by atoms with Crippen molar-refractivity contribution in [3.8, 4) is 6.07 Å². The van der Waals surface area contributed by atoms with Crippen LogP contribution in [-0.4, -0.2) is 38.6 Å². The van der Waals surface area contributed by atoms with Crippen LogP contribution in [0.5, 0.6) is 0 Å². The van der Waals surface area contributed by atoms with Gasteiger partial charge in [-0.05, 0) is 38.5 Å². The van der Waals surface area contributed by atoms with Crippen LogP contribution in [0, 0.1) is 11.3 Å². The van der Waals surface area contributed by atoms with Gasteiger partial charge in [0.05, 0.1) is 30.5 Å². The van der Waals surface area contributed by atoms with Crippen molar-refractivity contribution in [2.75, 3.05) is 20.3 Å². The summed E-state index contributed by atoms with van der Waals surface area (Å²) >= 11 is 0. The Morgan fingerprint density at radius 2 is 1.75 bits per heavy atom. The highest BCUT2D eigenvalue weighted by molar-refractivity contribution is 5.89. The van der Waals surface area contributed by atoms with E-state index < -0.39 is 12.3 Å². The Balaban J connectivity index is 2.93. The molecule has 0 radical (unpaired) electrons. The van der Waals surface area contributed by atoms with E-state index in [-0.39, 0.29) is 6.04 Å². The fraction of sp³-hybridized carbons (Fsp3) is 0.444. The summed E-state index contributed by atoms with van der Waals surface area (Å²) in [6.45, 7) is 6.78. The number of hydrogen-bond acceptors (Lipinski definition) is 6. The molecule has 0 aliphatic heterocycles. The molecule has 0 heterocycles. The van der Waals surface area contributed by atoms with Gasteiger partial charge in [0.1, 0.15) is 0 Å². The third kappa shape index (κ3) is 5.69. The number of esters is 1. The van der Waals surface area contributed by atoms with Crippen molar-refractivity contribution >= 4 is 11.7 Å². The Kier molecular flexibility index (Phi) is 8.55. The Labute approximate surface area is 143 Å². The van der Waals surface area contributed by atoms with Gasteiger partial charge >= 0.3 is 5.97 Å². The molecule has 1 rings (SSSR count). The van der Waals surface area contributed by atoms with E-state index in [2.05, 4.69) is 10.1 Å². The van der Waals surface area contributed by atoms with Gasteiger partial charge in [-0.2, -0.15) is 5.26 Å². The van der Waals surface area contributed by atoms with Crippen LogP contribution in [0.25, 0.3) is 5.70 Å². The summed E-state index contributed by atoms with van der Waals surface area (Å²) in [7, 11) is 1.34. The smallest absolute Gasteiger partial charge is 0.337 e. The average molecular weight is 332 g/mol. The molecule has 0 aliphatic rings. The third-order valence-corrected chi connectivity index (χ3v) is 3.28. The van der Waals surface area contributed by atoms with E-state index in [4.69, 9.17) is 14.7 Å². The van der Waals surface area contributed by atoms with Gasteiger partial charge < -0.3 is 19.5 Å². The maximum atomic E-state index is 11.5. The number of ether oxygens (including phenoxy) is 3. The number of carbonyl (C=O) groups excluding carboxylic acids is 1. The van der Waals surface area contributed by atoms with Crippen LogP contribution in [0.4, 0.5) is 0 Å². The van der Waals surface area contributed by atoms with Crippen molar-refractivity contribution in [3.63, 3.8) is 0 Å². The van der Waals surface area contributed by atoms with Crippen LogP contribution in [0.1, 0.15) is 36.7 Å². The first-order chi connectivity index (χ1) is 11.6. The number of nitriles is 1. The summed E-state index contributed by atoms with van der Waals surface area (Å²) in [5, 5.41) is 12.3. The number of hydrogen-bond donors (Lipinski definition) is 1. The topological polar surface area (TPSA) is 80.6 Å². The van der Waals surface area contributed by atoms with Gasteiger partial charge in [0.2, 0.25) is 0 Å². The lowest BCUT2D eigenvalue weighted by Gasteiger charge is -2.26. The molecule has 24 heavy (non-hydrogen) atoms. The lowest BCUT2D eigenvalue weighted by molar-refractivity contribution is -0.148. The summed E-state index contributed by atoms with van der Waals surface area (Å²) in [6.07, 6.45) is 0.995. The molecule has 0 saturated carbocycles. The predicted octanol–water partition coefficient (Wildman–Crippen LogP) is 2.71. The maximum absolute atomic E-state index is 11.5. The van der Waals surface area contributed by atoms with E-state index in [9.17, 15) is 4.79 Å². The summed E-state index contributed by atoms with van der Waals surface area (Å²) in [6, 6.07) is 8.68. The van der Waals surface area contributed by atoms with Crippen molar-refractivity contribution in [1.29, 1.82) is 5.26 Å². The summed E-state index contributed by atoms with van der Waals surface area (Å²) < 4.78 is 15.8. The fourth-order valence-electron chi connectivity index (χ4n) is 2.16. The van der Waals surface area contributed by atoms with E-state index in [1.165, 1.54) is 13.2 Å². The molecule has 1 aromatic rings. The molecule has 0 aliphatic carbocycles. The zero-order valence-corrected chi connectivity index (χ0v) is 14.5. The molecule has 0 spiro atoms. The Morgan fingerprint density at radius 1 is 1.21 bits per heavy atom. The van der Waals surface area contributed by atoms with E-state index in [1.54, 1.807) is 24.3 Å². The number of nitrogens with zero attached hydrogens (tertiary/aromatic N) is 1. The highest BCUT2D eigenvalue weighted by atomic mass is 16.7. The maximum Gasteiger partial charge on any atom is 0.337 e. The van der Waals surface area contributed by atoms with Crippen molar-refractivity contribution in [2.24, 2.45) is 0 Å². The van der Waals surface area contributed by atoms with Gasteiger partial charge in [-0.1, -0.05) is 12.1 Å². The minimum Gasteiger partial charge on any atom is -0.465 e. The molecule has 1 atom stereocenters. The standard InChI is InChI=1S/C18H24N2O4/c1-5-23-18(24-6-2)13(3)20-16(11-12-19)14-7-9-15(10-8-14)17(21)22-4/h7-11,13,18,20H,5-6H2,1-4H3. The number of methoxy groups -OCH3 is 1. The normalized spacial score (nSPS) is 12.6. The zero-order valence-electron chi connectivity index (χ0n) is 14.5. The first-order valence-corrected chi connectivity index (χ1v) is 7.85. The second-order valence-corrected chi connectivity index (χ2v) is 4.97. The molecule has 0 amide bonds. The van der Waals surface area contributed by atoms with E-state index in [1.807, 2.05) is 26.8 Å². The number of carbonyl (C=O) groups is 1. The Morgan fingerprint density at radius 3 is 2.21 bits per heavy atom. The van der Waals surface area contributed by atoms with E-state index in [0.29, 0.717) is 24.5 Å². The molecule has 1 aromatic carbocycles. The minimum atomic E-state index is -0.420. The van der Waals surface area contributed by atoms with Gasteiger partial charge in [0.25, 0.3) is 0 Å². The lowest BCUT2D eigenvalue weighted by Crippen LogP contribution is -2.40. The third-order valence-electron chi connectivity index (χ3n) is 3.28. The SMILES string of the molecule is CCOC(OCC)C(C)NC(=CC#N)c1ccc(C(=O)OC)cc1. The first kappa shape index (κ1) is 19.7.